The minimum absolute atomic E-state index is 0.181. The maximum Gasteiger partial charge on any atom is 0.376 e. The van der Waals surface area contributed by atoms with Gasteiger partial charge in [-0.25, -0.2) is 4.98 Å². The average Bonchev–Trinajstić information content (AvgIpc) is 2.34. The molecule has 0 aliphatic carbocycles. The van der Waals surface area contributed by atoms with Crippen LogP contribution >= 0.6 is 23.2 Å². The van der Waals surface area contributed by atoms with Crippen LogP contribution in [0.3, 0.4) is 0 Å². The third kappa shape index (κ3) is 2.67. The van der Waals surface area contributed by atoms with Crippen LogP contribution in [-0.4, -0.2) is 14.9 Å². The number of halogens is 2. The van der Waals surface area contributed by atoms with Crippen molar-refractivity contribution in [1.29, 1.82) is 0 Å². The number of nitrogens with zero attached hydrogens (tertiary/aromatic N) is 2. The predicted molar refractivity (Wildman–Crippen MR) is 71.3 cm³/mol. The molecular weight excluding hydrogens is 295 g/mol. The average molecular weight is 301 g/mol. The quantitative estimate of drug-likeness (QED) is 0.670. The topological polar surface area (TPSA) is 101 Å². The van der Waals surface area contributed by atoms with Crippen molar-refractivity contribution in [1.82, 2.24) is 9.97 Å². The standard InChI is InChI=1S/C10H6Cl2N4O3/c11-5-2-1-3-6(7(5)12)15-9-8(16(18)19)10(17)14-4-13-9/h1-4H,(H2,13,14,15,17). The van der Waals surface area contributed by atoms with Crippen LogP contribution in [0, 0.1) is 10.1 Å². The number of rotatable bonds is 3. The zero-order valence-electron chi connectivity index (χ0n) is 9.18. The summed E-state index contributed by atoms with van der Waals surface area (Å²) < 4.78 is 0. The first-order valence-corrected chi connectivity index (χ1v) is 5.69. The first-order chi connectivity index (χ1) is 9.00. The van der Waals surface area contributed by atoms with Gasteiger partial charge in [-0.2, -0.15) is 0 Å². The second-order valence-corrected chi connectivity index (χ2v) is 4.20. The zero-order chi connectivity index (χ0) is 14.0. The Kier molecular flexibility index (Phi) is 3.68. The fraction of sp³-hybridized carbons (Fsp3) is 0. The third-order valence-corrected chi connectivity index (χ3v) is 3.03. The monoisotopic (exact) mass is 300 g/mol. The molecule has 9 heteroatoms. The molecule has 0 aliphatic heterocycles. The molecule has 19 heavy (non-hydrogen) atoms. The van der Waals surface area contributed by atoms with Crippen molar-refractivity contribution < 1.29 is 4.92 Å². The maximum absolute atomic E-state index is 11.4. The summed E-state index contributed by atoms with van der Waals surface area (Å²) in [5.41, 5.74) is -1.24. The SMILES string of the molecule is O=c1[nH]cnc(Nc2cccc(Cl)c2Cl)c1[N+](=O)[O-]. The van der Waals surface area contributed by atoms with Gasteiger partial charge in [0, 0.05) is 0 Å². The molecular formula is C10H6Cl2N4O3. The van der Waals surface area contributed by atoms with Gasteiger partial charge in [0.05, 0.1) is 27.0 Å². The molecule has 0 bridgehead atoms. The van der Waals surface area contributed by atoms with Crippen molar-refractivity contribution in [3.8, 4) is 0 Å². The lowest BCUT2D eigenvalue weighted by Gasteiger charge is -2.07. The minimum atomic E-state index is -0.861. The van der Waals surface area contributed by atoms with Gasteiger partial charge in [0.25, 0.3) is 0 Å². The fourth-order valence-corrected chi connectivity index (χ4v) is 1.73. The van der Waals surface area contributed by atoms with E-state index in [1.165, 1.54) is 0 Å². The third-order valence-electron chi connectivity index (χ3n) is 2.22. The van der Waals surface area contributed by atoms with Crippen LogP contribution in [0.2, 0.25) is 10.0 Å². The van der Waals surface area contributed by atoms with Gasteiger partial charge < -0.3 is 10.3 Å². The molecule has 98 valence electrons. The number of benzene rings is 1. The molecule has 0 saturated carbocycles. The number of H-pyrrole nitrogens is 1. The van der Waals surface area contributed by atoms with Gasteiger partial charge in [0.15, 0.2) is 0 Å². The highest BCUT2D eigenvalue weighted by Gasteiger charge is 2.21. The smallest absolute Gasteiger partial charge is 0.333 e. The Morgan fingerprint density at radius 1 is 1.37 bits per heavy atom. The lowest BCUT2D eigenvalue weighted by atomic mass is 10.3. The minimum Gasteiger partial charge on any atom is -0.333 e. The summed E-state index contributed by atoms with van der Waals surface area (Å²) >= 11 is 11.8. The van der Waals surface area contributed by atoms with E-state index in [9.17, 15) is 14.9 Å². The van der Waals surface area contributed by atoms with E-state index in [4.69, 9.17) is 23.2 Å². The Morgan fingerprint density at radius 2 is 2.11 bits per heavy atom. The number of nitro groups is 1. The number of anilines is 2. The zero-order valence-corrected chi connectivity index (χ0v) is 10.7. The number of hydrogen-bond donors (Lipinski definition) is 2. The van der Waals surface area contributed by atoms with E-state index in [1.54, 1.807) is 18.2 Å². The van der Waals surface area contributed by atoms with Crippen LogP contribution in [0.1, 0.15) is 0 Å². The molecule has 1 heterocycles. The van der Waals surface area contributed by atoms with E-state index in [1.807, 2.05) is 0 Å². The van der Waals surface area contributed by atoms with Gasteiger partial charge in [-0.1, -0.05) is 29.3 Å². The van der Waals surface area contributed by atoms with E-state index >= 15 is 0 Å². The predicted octanol–water partition coefficient (Wildman–Crippen LogP) is 2.73. The van der Waals surface area contributed by atoms with Crippen LogP contribution < -0.4 is 10.9 Å². The Morgan fingerprint density at radius 3 is 2.79 bits per heavy atom. The molecule has 2 rings (SSSR count). The molecule has 0 unspecified atom stereocenters. The summed E-state index contributed by atoms with van der Waals surface area (Å²) in [6.45, 7) is 0. The van der Waals surface area contributed by atoms with Crippen molar-refractivity contribution in [3.63, 3.8) is 0 Å². The van der Waals surface area contributed by atoms with Crippen LogP contribution in [0.5, 0.6) is 0 Å². The highest BCUT2D eigenvalue weighted by molar-refractivity contribution is 6.43. The normalized spacial score (nSPS) is 10.2. The van der Waals surface area contributed by atoms with Crippen LogP contribution in [0.15, 0.2) is 29.3 Å². The van der Waals surface area contributed by atoms with Crippen LogP contribution in [-0.2, 0) is 0 Å². The van der Waals surface area contributed by atoms with Gasteiger partial charge in [0.2, 0.25) is 5.82 Å². The van der Waals surface area contributed by atoms with Crippen LogP contribution in [0.25, 0.3) is 0 Å². The van der Waals surface area contributed by atoms with Crippen LogP contribution in [0.4, 0.5) is 17.2 Å². The van der Waals surface area contributed by atoms with E-state index in [0.29, 0.717) is 5.69 Å². The Balaban J connectivity index is 2.50. The highest BCUT2D eigenvalue weighted by Crippen LogP contribution is 2.32. The van der Waals surface area contributed by atoms with Gasteiger partial charge in [-0.05, 0) is 12.1 Å². The molecule has 0 amide bonds. The molecule has 0 aliphatic rings. The van der Waals surface area contributed by atoms with Crippen molar-refractivity contribution >= 4 is 40.4 Å². The summed E-state index contributed by atoms with van der Waals surface area (Å²) in [6, 6.07) is 4.73. The number of aromatic nitrogens is 2. The van der Waals surface area contributed by atoms with Gasteiger partial charge >= 0.3 is 11.2 Å². The molecule has 1 aromatic carbocycles. The Labute approximate surface area is 116 Å². The highest BCUT2D eigenvalue weighted by atomic mass is 35.5. The number of hydrogen-bond acceptors (Lipinski definition) is 5. The van der Waals surface area contributed by atoms with Crippen molar-refractivity contribution in [2.75, 3.05) is 5.32 Å². The molecule has 0 atom stereocenters. The van der Waals surface area contributed by atoms with E-state index in [0.717, 1.165) is 6.33 Å². The second-order valence-electron chi connectivity index (χ2n) is 3.41. The summed E-state index contributed by atoms with van der Waals surface area (Å²) in [4.78, 5) is 27.2. The molecule has 0 fully saturated rings. The molecule has 0 saturated heterocycles. The molecule has 0 spiro atoms. The van der Waals surface area contributed by atoms with Gasteiger partial charge in [0.1, 0.15) is 0 Å². The molecule has 2 N–H and O–H groups in total. The number of nitrogens with one attached hydrogen (secondary N) is 2. The first-order valence-electron chi connectivity index (χ1n) is 4.94. The van der Waals surface area contributed by atoms with E-state index < -0.39 is 16.2 Å². The Hall–Kier alpha value is -2.12. The van der Waals surface area contributed by atoms with Gasteiger partial charge in [-0.15, -0.1) is 0 Å². The summed E-state index contributed by atoms with van der Waals surface area (Å²) in [7, 11) is 0. The van der Waals surface area contributed by atoms with E-state index in [2.05, 4.69) is 15.3 Å². The van der Waals surface area contributed by atoms with Crippen molar-refractivity contribution in [2.45, 2.75) is 0 Å². The first kappa shape index (κ1) is 13.3. The number of aromatic amines is 1. The second kappa shape index (κ2) is 5.25. The summed E-state index contributed by atoms with van der Waals surface area (Å²) in [6.07, 6.45) is 1.05. The lowest BCUT2D eigenvalue weighted by molar-refractivity contribution is -0.385. The summed E-state index contributed by atoms with van der Waals surface area (Å²) in [5, 5.41) is 13.9. The molecule has 0 radical (unpaired) electrons. The molecule has 1 aromatic heterocycles. The Bertz CT molecular complexity index is 701. The summed E-state index contributed by atoms with van der Waals surface area (Å²) in [5.74, 6) is -0.210. The van der Waals surface area contributed by atoms with Gasteiger partial charge in [-0.3, -0.25) is 14.9 Å². The molecule has 7 nitrogen and oxygen atoms in total. The lowest BCUT2D eigenvalue weighted by Crippen LogP contribution is -2.14. The fourth-order valence-electron chi connectivity index (χ4n) is 1.38. The maximum atomic E-state index is 11.4. The molecule has 2 aromatic rings. The van der Waals surface area contributed by atoms with Crippen molar-refractivity contribution in [2.24, 2.45) is 0 Å². The van der Waals surface area contributed by atoms with E-state index in [-0.39, 0.29) is 15.9 Å². The largest absolute Gasteiger partial charge is 0.376 e. The van der Waals surface area contributed by atoms with Crippen molar-refractivity contribution in [3.05, 3.63) is 55.0 Å².